The number of anilines is 3. The summed E-state index contributed by atoms with van der Waals surface area (Å²) in [5.74, 6) is -3.13. The van der Waals surface area contributed by atoms with Crippen molar-refractivity contribution in [1.29, 1.82) is 0 Å². The summed E-state index contributed by atoms with van der Waals surface area (Å²) in [4.78, 5) is 29.2. The Morgan fingerprint density at radius 1 is 0.553 bits per heavy atom. The first-order valence-electron chi connectivity index (χ1n) is 25.7. The summed E-state index contributed by atoms with van der Waals surface area (Å²) >= 11 is 0. The molecule has 2 heterocycles. The molecule has 0 unspecified atom stereocenters. The van der Waals surface area contributed by atoms with Crippen molar-refractivity contribution in [2.75, 3.05) is 17.3 Å². The molecule has 47 heavy (non-hydrogen) atoms. The van der Waals surface area contributed by atoms with Gasteiger partial charge in [-0.15, -0.1) is 0 Å². The lowest BCUT2D eigenvalue weighted by Gasteiger charge is -2.20. The van der Waals surface area contributed by atoms with E-state index in [1.54, 1.807) is 0 Å². The third-order valence-corrected chi connectivity index (χ3v) is 6.13. The highest BCUT2D eigenvalue weighted by atomic mass is 16.1. The molecule has 1 amide bonds. The van der Waals surface area contributed by atoms with E-state index >= 15 is 0 Å². The maximum Gasteiger partial charge on any atom is 0.219 e. The van der Waals surface area contributed by atoms with Crippen LogP contribution < -0.4 is 10.2 Å². The highest BCUT2D eigenvalue weighted by Gasteiger charge is 2.15. The van der Waals surface area contributed by atoms with Gasteiger partial charge in [-0.2, -0.15) is 0 Å². The number of amides is 1. The number of pyridine rings is 1. The summed E-state index contributed by atoms with van der Waals surface area (Å²) in [5, 5.41) is 2.57. The Balaban J connectivity index is 1.48. The average Bonchev–Trinajstić information content (AvgIpc) is 3.34. The Morgan fingerprint density at radius 3 is 1.51 bits per heavy atom. The van der Waals surface area contributed by atoms with Gasteiger partial charge in [-0.25, -0.2) is 19.9 Å². The van der Waals surface area contributed by atoms with Crippen LogP contribution in [0.25, 0.3) is 56.4 Å². The number of benzene rings is 5. The van der Waals surface area contributed by atoms with Gasteiger partial charge in [0.2, 0.25) is 6.41 Å². The number of hydrogen-bond acceptors (Lipinski definition) is 6. The SMILES string of the molecule is [2H]c1nc(N(C=O)c2c([2H])c([2H])c(-c3c([2H])c([2H])c(-c4c([2H])c([2H])c(-c5nc(-c6c([2H])c([2H])c([2H])c([2H])c6[2H])nc(-c6c([2H])c([2H])c([2H])c([2H])c6[2H])n5)c([2H])c4[2H])c([2H])c3[2H])c([2H])c2NC)c([2H])c([2H])c1[2H]. The first-order valence-corrected chi connectivity index (χ1v) is 13.2. The number of aromatic nitrogens is 4. The maximum absolute atomic E-state index is 12.6. The second kappa shape index (κ2) is 13.3. The molecule has 0 bridgehead atoms. The molecule has 7 aromatic rings. The van der Waals surface area contributed by atoms with E-state index in [1.165, 1.54) is 7.05 Å². The van der Waals surface area contributed by atoms with E-state index in [-0.39, 0.29) is 6.41 Å². The van der Waals surface area contributed by atoms with Crippen LogP contribution in [0.4, 0.5) is 17.2 Å². The van der Waals surface area contributed by atoms with Crippen molar-refractivity contribution in [2.24, 2.45) is 0 Å². The van der Waals surface area contributed by atoms with Gasteiger partial charge in [0.1, 0.15) is 5.82 Å². The summed E-state index contributed by atoms with van der Waals surface area (Å²) in [5.41, 5.74) is -6.43. The summed E-state index contributed by atoms with van der Waals surface area (Å²) in [6, 6.07) is -21.9. The zero-order valence-electron chi connectivity index (χ0n) is 48.7. The van der Waals surface area contributed by atoms with Crippen molar-refractivity contribution >= 4 is 23.6 Å². The standard InChI is InChI=1S/C40H30N6O/c1-41-35-26-34(23-24-36(35)46(27-47)37-14-8-9-25-42-37)30-17-15-28(16-18-30)29-19-21-33(22-20-29)40-44-38(31-10-4-2-5-11-31)43-39(45-40)32-12-6-3-7-13-32/h2-27,41H,1H3/i2D,3D,4D,5D,6D,7D,8D,9D,10D,11D,12D,13D,14D,15D,16D,17D,18D,19D,20D,21D,22D,23D,24D,25D,26D. The minimum Gasteiger partial charge on any atom is -0.386 e. The van der Waals surface area contributed by atoms with Crippen LogP contribution in [0.1, 0.15) is 34.3 Å². The number of nitrogens with zero attached hydrogens (tertiary/aromatic N) is 5. The van der Waals surface area contributed by atoms with Gasteiger partial charge in [0, 0.05) is 29.9 Å². The van der Waals surface area contributed by atoms with Crippen molar-refractivity contribution in [1.82, 2.24) is 19.9 Å². The third kappa shape index (κ3) is 6.23. The first kappa shape index (κ1) is 12.4. The van der Waals surface area contributed by atoms with Gasteiger partial charge in [0.25, 0.3) is 0 Å². The lowest BCUT2D eigenvalue weighted by Crippen LogP contribution is -2.16. The van der Waals surface area contributed by atoms with Gasteiger partial charge >= 0.3 is 0 Å². The molecule has 0 spiro atoms. The molecule has 5 aromatic carbocycles. The molecule has 0 aliphatic carbocycles. The summed E-state index contributed by atoms with van der Waals surface area (Å²) in [6.45, 7) is 0. The molecule has 0 radical (unpaired) electrons. The average molecular weight is 636 g/mol. The van der Waals surface area contributed by atoms with Crippen LogP contribution >= 0.6 is 0 Å². The second-order valence-electron chi connectivity index (χ2n) is 8.93. The van der Waals surface area contributed by atoms with Crippen LogP contribution in [0.5, 0.6) is 0 Å². The number of hydrogen-bond donors (Lipinski definition) is 1. The van der Waals surface area contributed by atoms with Crippen molar-refractivity contribution in [3.05, 3.63) is 151 Å². The van der Waals surface area contributed by atoms with E-state index < -0.39 is 225 Å². The molecule has 2 aromatic heterocycles. The van der Waals surface area contributed by atoms with Crippen LogP contribution in [0.15, 0.2) is 151 Å². The van der Waals surface area contributed by atoms with Crippen LogP contribution in [-0.2, 0) is 4.79 Å². The van der Waals surface area contributed by atoms with Gasteiger partial charge in [-0.05, 0) is 46.4 Å². The number of carbonyl (C=O) groups excluding carboxylic acids is 1. The Hall–Kier alpha value is -6.47. The molecular formula is C40H30N6O. The van der Waals surface area contributed by atoms with Gasteiger partial charge in [-0.1, -0.05) is 121 Å². The normalized spacial score (nSPS) is 18.2. The molecule has 0 saturated carbocycles. The molecule has 0 atom stereocenters. The molecule has 7 rings (SSSR count). The van der Waals surface area contributed by atoms with E-state index in [9.17, 15) is 4.79 Å². The van der Waals surface area contributed by atoms with Crippen LogP contribution in [-0.4, -0.2) is 33.4 Å². The van der Waals surface area contributed by atoms with Gasteiger partial charge in [-0.3, -0.25) is 9.69 Å². The number of rotatable bonds is 9. The van der Waals surface area contributed by atoms with Gasteiger partial charge in [0.05, 0.1) is 45.6 Å². The monoisotopic (exact) mass is 635 g/mol. The lowest BCUT2D eigenvalue weighted by atomic mass is 9.99. The topological polar surface area (TPSA) is 83.9 Å². The fraction of sp³-hybridized carbons (Fsp3) is 0.0250. The zero-order valence-corrected chi connectivity index (χ0v) is 23.7. The fourth-order valence-corrected chi connectivity index (χ4v) is 3.98. The number of carbonyl (C=O) groups is 1. The molecule has 0 aliphatic heterocycles. The summed E-state index contributed by atoms with van der Waals surface area (Å²) < 4.78 is 215. The van der Waals surface area contributed by atoms with Crippen molar-refractivity contribution in [3.63, 3.8) is 0 Å². The maximum atomic E-state index is 12.6. The Bertz CT molecular complexity index is 3370. The highest BCUT2D eigenvalue weighted by molar-refractivity contribution is 5.92. The highest BCUT2D eigenvalue weighted by Crippen LogP contribution is 2.35. The molecule has 7 nitrogen and oxygen atoms in total. The number of nitrogens with one attached hydrogen (secondary N) is 1. The van der Waals surface area contributed by atoms with Crippen molar-refractivity contribution < 1.29 is 39.1 Å². The predicted octanol–water partition coefficient (Wildman–Crippen LogP) is 8.94. The van der Waals surface area contributed by atoms with E-state index in [0.29, 0.717) is 4.90 Å². The van der Waals surface area contributed by atoms with Crippen molar-refractivity contribution in [3.8, 4) is 56.4 Å². The predicted molar refractivity (Wildman–Crippen MR) is 189 cm³/mol. The van der Waals surface area contributed by atoms with Crippen LogP contribution in [0.3, 0.4) is 0 Å². The van der Waals surface area contributed by atoms with E-state index in [4.69, 9.17) is 34.3 Å². The Morgan fingerprint density at radius 2 is 1.00 bits per heavy atom. The largest absolute Gasteiger partial charge is 0.386 e. The Kier molecular flexibility index (Phi) is 3.49. The first-order chi connectivity index (χ1) is 33.6. The lowest BCUT2D eigenvalue weighted by molar-refractivity contribution is -0.106. The molecule has 0 aliphatic rings. The third-order valence-electron chi connectivity index (χ3n) is 6.13. The molecular weight excluding hydrogens is 580 g/mol. The molecule has 226 valence electrons. The zero-order chi connectivity index (χ0) is 53.8. The molecule has 0 fully saturated rings. The molecule has 7 heteroatoms. The fourth-order valence-electron chi connectivity index (χ4n) is 3.98. The van der Waals surface area contributed by atoms with Crippen LogP contribution in [0.2, 0.25) is 0 Å². The minimum atomic E-state index is -1.05. The van der Waals surface area contributed by atoms with Crippen LogP contribution in [0, 0.1) is 0 Å². The molecule has 1 N–H and O–H groups in total. The minimum absolute atomic E-state index is 0.0169. The van der Waals surface area contributed by atoms with E-state index in [2.05, 4.69) is 25.3 Å². The van der Waals surface area contributed by atoms with Gasteiger partial charge < -0.3 is 5.32 Å². The molecule has 0 saturated heterocycles. The Labute approximate surface area is 308 Å². The quantitative estimate of drug-likeness (QED) is 0.160. The summed E-state index contributed by atoms with van der Waals surface area (Å²) in [7, 11) is 1.22. The van der Waals surface area contributed by atoms with Gasteiger partial charge in [0.15, 0.2) is 17.5 Å². The van der Waals surface area contributed by atoms with Crippen molar-refractivity contribution in [2.45, 2.75) is 0 Å². The van der Waals surface area contributed by atoms with E-state index in [1.807, 2.05) is 0 Å². The second-order valence-corrected chi connectivity index (χ2v) is 8.93. The smallest absolute Gasteiger partial charge is 0.219 e. The van der Waals surface area contributed by atoms with E-state index in [0.717, 1.165) is 0 Å². The summed E-state index contributed by atoms with van der Waals surface area (Å²) in [6.07, 6.45) is -0.805.